The minimum Gasteiger partial charge on any atom is -0.319 e. The number of hydrogen-bond donors (Lipinski definition) is 1. The molecule has 0 unspecified atom stereocenters. The van der Waals surface area contributed by atoms with Crippen LogP contribution in [0, 0.1) is 11.8 Å². The summed E-state index contributed by atoms with van der Waals surface area (Å²) in [7, 11) is 1.89. The van der Waals surface area contributed by atoms with Crippen LogP contribution in [0.4, 0.5) is 0 Å². The average molecular weight is 263 g/mol. The van der Waals surface area contributed by atoms with Gasteiger partial charge in [0.15, 0.2) is 0 Å². The lowest BCUT2D eigenvalue weighted by atomic mass is 10.2. The molecule has 1 N–H and O–H groups in total. The van der Waals surface area contributed by atoms with Crippen LogP contribution < -0.4 is 5.32 Å². The van der Waals surface area contributed by atoms with Gasteiger partial charge < -0.3 is 5.32 Å². The molecular formula is C11H10Cl3N. The lowest BCUT2D eigenvalue weighted by Crippen LogP contribution is -2.05. The molecule has 0 saturated carbocycles. The first-order valence-corrected chi connectivity index (χ1v) is 5.56. The van der Waals surface area contributed by atoms with E-state index < -0.39 is 0 Å². The Labute approximate surface area is 105 Å². The van der Waals surface area contributed by atoms with Crippen molar-refractivity contribution in [3.05, 3.63) is 32.8 Å². The molecule has 0 aliphatic rings. The Hall–Kier alpha value is -0.390. The third-order valence-electron chi connectivity index (χ3n) is 1.72. The second kappa shape index (κ2) is 6.25. The first-order valence-electron chi connectivity index (χ1n) is 4.43. The molecule has 0 radical (unpaired) electrons. The number of halogens is 3. The molecule has 1 nitrogen and oxygen atoms in total. The van der Waals surface area contributed by atoms with E-state index in [1.54, 1.807) is 12.1 Å². The van der Waals surface area contributed by atoms with Crippen LogP contribution in [0.1, 0.15) is 12.0 Å². The second-order valence-corrected chi connectivity index (χ2v) is 4.10. The molecule has 0 aliphatic heterocycles. The molecule has 0 fully saturated rings. The first-order chi connectivity index (χ1) is 7.15. The van der Waals surface area contributed by atoms with E-state index in [0.717, 1.165) is 18.5 Å². The SMILES string of the molecule is CNCCC#Cc1cc(Cl)c(Cl)c(Cl)c1. The monoisotopic (exact) mass is 261 g/mol. The summed E-state index contributed by atoms with van der Waals surface area (Å²) in [5.74, 6) is 5.97. The maximum atomic E-state index is 5.86. The molecule has 0 aliphatic carbocycles. The highest BCUT2D eigenvalue weighted by Gasteiger charge is 2.03. The van der Waals surface area contributed by atoms with E-state index in [4.69, 9.17) is 34.8 Å². The molecule has 0 bridgehead atoms. The molecule has 0 heterocycles. The van der Waals surface area contributed by atoms with Gasteiger partial charge in [0.25, 0.3) is 0 Å². The third kappa shape index (κ3) is 3.93. The van der Waals surface area contributed by atoms with Gasteiger partial charge in [0.1, 0.15) is 0 Å². The smallest absolute Gasteiger partial charge is 0.0779 e. The molecule has 4 heteroatoms. The van der Waals surface area contributed by atoms with E-state index in [0.29, 0.717) is 15.1 Å². The average Bonchev–Trinajstić information content (AvgIpc) is 2.21. The van der Waals surface area contributed by atoms with Crippen molar-refractivity contribution in [2.75, 3.05) is 13.6 Å². The molecule has 0 saturated heterocycles. The number of rotatable bonds is 2. The summed E-state index contributed by atoms with van der Waals surface area (Å²) < 4.78 is 0. The highest BCUT2D eigenvalue weighted by atomic mass is 35.5. The summed E-state index contributed by atoms with van der Waals surface area (Å²) in [6.07, 6.45) is 0.786. The van der Waals surface area contributed by atoms with Crippen LogP contribution in [0.15, 0.2) is 12.1 Å². The molecule has 0 aromatic heterocycles. The maximum absolute atomic E-state index is 5.86. The fraction of sp³-hybridized carbons (Fsp3) is 0.273. The molecule has 0 amide bonds. The van der Waals surface area contributed by atoms with Gasteiger partial charge in [0, 0.05) is 18.5 Å². The summed E-state index contributed by atoms with van der Waals surface area (Å²) in [5, 5.41) is 4.25. The Morgan fingerprint density at radius 2 is 1.80 bits per heavy atom. The Kier molecular flexibility index (Phi) is 5.28. The molecule has 1 aromatic carbocycles. The zero-order valence-corrected chi connectivity index (χ0v) is 10.5. The normalized spacial score (nSPS) is 9.60. The second-order valence-electron chi connectivity index (χ2n) is 2.91. The van der Waals surface area contributed by atoms with Crippen LogP contribution in [0.25, 0.3) is 0 Å². The molecule has 0 atom stereocenters. The van der Waals surface area contributed by atoms with Crippen molar-refractivity contribution in [2.45, 2.75) is 6.42 Å². The van der Waals surface area contributed by atoms with Crippen molar-refractivity contribution in [3.8, 4) is 11.8 Å². The first kappa shape index (κ1) is 12.7. The lowest BCUT2D eigenvalue weighted by Gasteiger charge is -1.99. The van der Waals surface area contributed by atoms with Crippen molar-refractivity contribution in [3.63, 3.8) is 0 Å². The van der Waals surface area contributed by atoms with E-state index in [2.05, 4.69) is 17.2 Å². The Balaban J connectivity index is 2.81. The summed E-state index contributed by atoms with van der Waals surface area (Å²) in [6, 6.07) is 3.42. The molecule has 0 spiro atoms. The van der Waals surface area contributed by atoms with Gasteiger partial charge in [-0.1, -0.05) is 46.6 Å². The van der Waals surface area contributed by atoms with Gasteiger partial charge >= 0.3 is 0 Å². The van der Waals surface area contributed by atoms with Crippen LogP contribution >= 0.6 is 34.8 Å². The van der Waals surface area contributed by atoms with Crippen molar-refractivity contribution in [2.24, 2.45) is 0 Å². The lowest BCUT2D eigenvalue weighted by molar-refractivity contribution is 0.818. The van der Waals surface area contributed by atoms with Crippen LogP contribution in [0.3, 0.4) is 0 Å². The molecule has 80 valence electrons. The minimum atomic E-state index is 0.374. The van der Waals surface area contributed by atoms with Gasteiger partial charge in [-0.05, 0) is 19.2 Å². The number of benzene rings is 1. The van der Waals surface area contributed by atoms with E-state index in [-0.39, 0.29) is 0 Å². The highest BCUT2D eigenvalue weighted by molar-refractivity contribution is 6.48. The molecule has 1 aromatic rings. The number of nitrogens with one attached hydrogen (secondary N) is 1. The van der Waals surface area contributed by atoms with Crippen molar-refractivity contribution in [1.82, 2.24) is 5.32 Å². The summed E-state index contributed by atoms with van der Waals surface area (Å²) in [5.41, 5.74) is 0.783. The summed E-state index contributed by atoms with van der Waals surface area (Å²) >= 11 is 17.5. The van der Waals surface area contributed by atoms with E-state index in [9.17, 15) is 0 Å². The topological polar surface area (TPSA) is 12.0 Å². The van der Waals surface area contributed by atoms with Gasteiger partial charge in [-0.2, -0.15) is 0 Å². The standard InChI is InChI=1S/C11H10Cl3N/c1-15-5-3-2-4-8-6-9(12)11(14)10(13)7-8/h6-7,15H,3,5H2,1H3. The van der Waals surface area contributed by atoms with Gasteiger partial charge in [-0.15, -0.1) is 0 Å². The van der Waals surface area contributed by atoms with Crippen LogP contribution in [-0.4, -0.2) is 13.6 Å². The van der Waals surface area contributed by atoms with Gasteiger partial charge in [-0.3, -0.25) is 0 Å². The zero-order chi connectivity index (χ0) is 11.3. The van der Waals surface area contributed by atoms with Gasteiger partial charge in [0.2, 0.25) is 0 Å². The Bertz CT molecular complexity index is 381. The van der Waals surface area contributed by atoms with Crippen molar-refractivity contribution in [1.29, 1.82) is 0 Å². The Morgan fingerprint density at radius 1 is 1.20 bits per heavy atom. The van der Waals surface area contributed by atoms with Gasteiger partial charge in [-0.25, -0.2) is 0 Å². The third-order valence-corrected chi connectivity index (χ3v) is 2.91. The van der Waals surface area contributed by atoms with Crippen molar-refractivity contribution >= 4 is 34.8 Å². The van der Waals surface area contributed by atoms with E-state index >= 15 is 0 Å². The van der Waals surface area contributed by atoms with Crippen LogP contribution in [0.5, 0.6) is 0 Å². The largest absolute Gasteiger partial charge is 0.319 e. The molecule has 15 heavy (non-hydrogen) atoms. The molecule has 1 rings (SSSR count). The maximum Gasteiger partial charge on any atom is 0.0779 e. The predicted molar refractivity (Wildman–Crippen MR) is 66.9 cm³/mol. The van der Waals surface area contributed by atoms with Gasteiger partial charge in [0.05, 0.1) is 15.1 Å². The van der Waals surface area contributed by atoms with E-state index in [1.807, 2.05) is 7.05 Å². The summed E-state index contributed by atoms with van der Waals surface area (Å²) in [6.45, 7) is 0.863. The van der Waals surface area contributed by atoms with E-state index in [1.165, 1.54) is 0 Å². The molecular weight excluding hydrogens is 252 g/mol. The fourth-order valence-electron chi connectivity index (χ4n) is 0.980. The minimum absolute atomic E-state index is 0.374. The predicted octanol–water partition coefficient (Wildman–Crippen LogP) is 3.61. The van der Waals surface area contributed by atoms with Crippen molar-refractivity contribution < 1.29 is 0 Å². The van der Waals surface area contributed by atoms with Crippen LogP contribution in [-0.2, 0) is 0 Å². The number of hydrogen-bond acceptors (Lipinski definition) is 1. The van der Waals surface area contributed by atoms with Crippen LogP contribution in [0.2, 0.25) is 15.1 Å². The fourth-order valence-corrected chi connectivity index (χ4v) is 1.58. The highest BCUT2D eigenvalue weighted by Crippen LogP contribution is 2.30. The summed E-state index contributed by atoms with van der Waals surface area (Å²) in [4.78, 5) is 0. The quantitative estimate of drug-likeness (QED) is 0.488. The zero-order valence-electron chi connectivity index (χ0n) is 8.20. The Morgan fingerprint density at radius 3 is 2.33 bits per heavy atom.